The third kappa shape index (κ3) is 5.09. The number of nitrogens with zero attached hydrogens (tertiary/aromatic N) is 4. The minimum Gasteiger partial charge on any atom is -0.490 e. The van der Waals surface area contributed by atoms with Crippen LogP contribution in [0.3, 0.4) is 0 Å². The molecule has 10 heteroatoms. The molecule has 0 bridgehead atoms. The minimum atomic E-state index is -0.436. The summed E-state index contributed by atoms with van der Waals surface area (Å²) in [6.07, 6.45) is 5.00. The van der Waals surface area contributed by atoms with Gasteiger partial charge in [0, 0.05) is 23.2 Å². The quantitative estimate of drug-likeness (QED) is 0.181. The van der Waals surface area contributed by atoms with Crippen molar-refractivity contribution >= 4 is 39.7 Å². The molecule has 0 aliphatic carbocycles. The summed E-state index contributed by atoms with van der Waals surface area (Å²) in [6, 6.07) is 12.3. The van der Waals surface area contributed by atoms with E-state index in [0.717, 1.165) is 24.9 Å². The minimum absolute atomic E-state index is 0.113. The van der Waals surface area contributed by atoms with Crippen molar-refractivity contribution in [3.05, 3.63) is 75.7 Å². The van der Waals surface area contributed by atoms with Crippen molar-refractivity contribution in [2.24, 2.45) is 0 Å². The molecular weight excluding hydrogens is 504 g/mol. The molecule has 2 N–H and O–H groups in total. The summed E-state index contributed by atoms with van der Waals surface area (Å²) in [6.45, 7) is 5.13. The lowest BCUT2D eigenvalue weighted by Gasteiger charge is -2.17. The van der Waals surface area contributed by atoms with Crippen molar-refractivity contribution < 1.29 is 9.66 Å². The van der Waals surface area contributed by atoms with Crippen molar-refractivity contribution in [2.75, 3.05) is 18.5 Å². The maximum Gasteiger partial charge on any atom is 0.285 e. The lowest BCUT2D eigenvalue weighted by molar-refractivity contribution is -0.385. The van der Waals surface area contributed by atoms with Gasteiger partial charge < -0.3 is 15.4 Å². The molecule has 38 heavy (non-hydrogen) atoms. The van der Waals surface area contributed by atoms with Gasteiger partial charge in [0.15, 0.2) is 5.75 Å². The van der Waals surface area contributed by atoms with E-state index in [0.29, 0.717) is 51.0 Å². The molecule has 0 spiro atoms. The molecule has 9 nitrogen and oxygen atoms in total. The number of nitro benzene ring substituents is 1. The molecule has 0 radical (unpaired) electrons. The molecule has 0 saturated carbocycles. The van der Waals surface area contributed by atoms with Gasteiger partial charge in [0.05, 0.1) is 39.0 Å². The summed E-state index contributed by atoms with van der Waals surface area (Å²) < 4.78 is 5.89. The predicted molar refractivity (Wildman–Crippen MR) is 148 cm³/mol. The third-order valence-electron chi connectivity index (χ3n) is 6.37. The Morgan fingerprint density at radius 3 is 2.82 bits per heavy atom. The topological polar surface area (TPSA) is 115 Å². The summed E-state index contributed by atoms with van der Waals surface area (Å²) in [7, 11) is 0. The second kappa shape index (κ2) is 10.6. The predicted octanol–water partition coefficient (Wildman–Crippen LogP) is 5.89. The average Bonchev–Trinajstić information content (AvgIpc) is 3.36. The molecule has 1 aliphatic rings. The maximum atomic E-state index is 12.0. The molecule has 1 atom stereocenters. The normalized spacial score (nSPS) is 16.6. The molecule has 1 aliphatic heterocycles. The van der Waals surface area contributed by atoms with Crippen LogP contribution in [0.5, 0.6) is 5.75 Å². The van der Waals surface area contributed by atoms with Gasteiger partial charge in [-0.3, -0.25) is 15.1 Å². The van der Waals surface area contributed by atoms with Gasteiger partial charge in [-0.25, -0.2) is 9.97 Å². The summed E-state index contributed by atoms with van der Waals surface area (Å²) in [4.78, 5) is 24.6. The highest BCUT2D eigenvalue weighted by molar-refractivity contribution is 6.35. The van der Waals surface area contributed by atoms with Crippen LogP contribution in [0.2, 0.25) is 5.02 Å². The van der Waals surface area contributed by atoms with Crippen LogP contribution in [0.1, 0.15) is 32.3 Å². The molecule has 1 saturated heterocycles. The lowest BCUT2D eigenvalue weighted by atomic mass is 10.00. The van der Waals surface area contributed by atoms with Crippen LogP contribution in [0.15, 0.2) is 55.0 Å². The Hall–Kier alpha value is -4.26. The highest BCUT2D eigenvalue weighted by atomic mass is 35.5. The number of anilines is 2. The van der Waals surface area contributed by atoms with Crippen LogP contribution >= 0.6 is 11.6 Å². The number of nitro groups is 1. The van der Waals surface area contributed by atoms with Gasteiger partial charge in [0.2, 0.25) is 0 Å². The molecule has 1 unspecified atom stereocenters. The monoisotopic (exact) mass is 528 g/mol. The van der Waals surface area contributed by atoms with Crippen molar-refractivity contribution in [2.45, 2.75) is 32.2 Å². The van der Waals surface area contributed by atoms with E-state index in [9.17, 15) is 10.1 Å². The number of hydrogen-bond acceptors (Lipinski definition) is 8. The van der Waals surface area contributed by atoms with Gasteiger partial charge in [-0.05, 0) is 63.6 Å². The summed E-state index contributed by atoms with van der Waals surface area (Å²) >= 11 is 6.75. The Balaban J connectivity index is 1.57. The number of aromatic nitrogens is 3. The van der Waals surface area contributed by atoms with Gasteiger partial charge in [-0.15, -0.1) is 0 Å². The fourth-order valence-electron chi connectivity index (χ4n) is 4.44. The van der Waals surface area contributed by atoms with E-state index in [1.54, 1.807) is 12.3 Å². The molecule has 0 amide bonds. The number of fused-ring (bicyclic) bond motifs is 1. The van der Waals surface area contributed by atoms with E-state index in [-0.39, 0.29) is 11.2 Å². The molecule has 1 fully saturated rings. The van der Waals surface area contributed by atoms with Crippen LogP contribution in [-0.2, 0) is 0 Å². The molecule has 5 rings (SSSR count). The van der Waals surface area contributed by atoms with E-state index in [1.807, 2.05) is 44.2 Å². The first-order chi connectivity index (χ1) is 18.4. The van der Waals surface area contributed by atoms with Crippen LogP contribution in [0, 0.1) is 22.0 Å². The van der Waals surface area contributed by atoms with Gasteiger partial charge in [0.1, 0.15) is 17.7 Å². The number of pyridine rings is 1. The Morgan fingerprint density at radius 1 is 1.24 bits per heavy atom. The fourth-order valence-corrected chi connectivity index (χ4v) is 4.75. The first kappa shape index (κ1) is 25.4. The van der Waals surface area contributed by atoms with Crippen LogP contribution in [0.25, 0.3) is 22.2 Å². The molecule has 2 aromatic heterocycles. The van der Waals surface area contributed by atoms with Crippen LogP contribution in [-0.4, -0.2) is 38.6 Å². The SMILES string of the molecule is CCOc1c(Nc2ncnc3cc(C#CC4(C)CCCN4)c([N+](=O)[O-])cc23)ccc(-c2ccccn2)c1Cl. The van der Waals surface area contributed by atoms with Crippen LogP contribution in [0.4, 0.5) is 17.2 Å². The third-order valence-corrected chi connectivity index (χ3v) is 6.75. The van der Waals surface area contributed by atoms with E-state index in [4.69, 9.17) is 16.3 Å². The average molecular weight is 529 g/mol. The second-order valence-corrected chi connectivity index (χ2v) is 9.43. The number of nitrogens with one attached hydrogen (secondary N) is 2. The molecule has 192 valence electrons. The van der Waals surface area contributed by atoms with Crippen molar-refractivity contribution in [3.63, 3.8) is 0 Å². The Morgan fingerprint density at radius 2 is 2.11 bits per heavy atom. The summed E-state index contributed by atoms with van der Waals surface area (Å²) in [5, 5.41) is 19.4. The number of ether oxygens (including phenoxy) is 1. The second-order valence-electron chi connectivity index (χ2n) is 9.06. The summed E-state index contributed by atoms with van der Waals surface area (Å²) in [5.74, 6) is 7.00. The zero-order chi connectivity index (χ0) is 26.7. The van der Waals surface area contributed by atoms with E-state index >= 15 is 0 Å². The van der Waals surface area contributed by atoms with Crippen molar-refractivity contribution in [3.8, 4) is 28.8 Å². The number of halogens is 1. The smallest absolute Gasteiger partial charge is 0.285 e. The fraction of sp³-hybridized carbons (Fsp3) is 0.250. The van der Waals surface area contributed by atoms with E-state index in [2.05, 4.69) is 37.4 Å². The van der Waals surface area contributed by atoms with Gasteiger partial charge in [-0.1, -0.05) is 29.5 Å². The zero-order valence-corrected chi connectivity index (χ0v) is 21.7. The number of hydrogen-bond donors (Lipinski definition) is 2. The number of benzene rings is 2. The lowest BCUT2D eigenvalue weighted by Crippen LogP contribution is -2.34. The molecule has 3 heterocycles. The maximum absolute atomic E-state index is 12.0. The molecule has 2 aromatic carbocycles. The highest BCUT2D eigenvalue weighted by Gasteiger charge is 2.26. The van der Waals surface area contributed by atoms with Gasteiger partial charge in [-0.2, -0.15) is 0 Å². The molecular formula is C28H25ClN6O3. The first-order valence-electron chi connectivity index (χ1n) is 12.2. The first-order valence-corrected chi connectivity index (χ1v) is 12.6. The van der Waals surface area contributed by atoms with E-state index < -0.39 is 4.92 Å². The highest BCUT2D eigenvalue weighted by Crippen LogP contribution is 2.42. The largest absolute Gasteiger partial charge is 0.490 e. The summed E-state index contributed by atoms with van der Waals surface area (Å²) in [5.41, 5.74) is 2.34. The van der Waals surface area contributed by atoms with Gasteiger partial charge >= 0.3 is 0 Å². The van der Waals surface area contributed by atoms with E-state index in [1.165, 1.54) is 12.4 Å². The van der Waals surface area contributed by atoms with Crippen molar-refractivity contribution in [1.29, 1.82) is 0 Å². The Labute approximate surface area is 224 Å². The Bertz CT molecular complexity index is 1580. The Kier molecular flexibility index (Phi) is 7.09. The van der Waals surface area contributed by atoms with Crippen LogP contribution < -0.4 is 15.4 Å². The van der Waals surface area contributed by atoms with Crippen molar-refractivity contribution in [1.82, 2.24) is 20.3 Å². The standard InChI is InChI=1S/C28H25ClN6O3/c1-3-38-26-22(9-8-19(25(26)29)21-7-4-5-13-30-21)34-27-20-16-24(35(36)37)18(15-23(20)31-17-32-27)10-12-28(2)11-6-14-33-28/h4-5,7-9,13,15-17,33H,3,6,11,14H2,1-2H3,(H,31,32,34). The van der Waals surface area contributed by atoms with Gasteiger partial charge in [0.25, 0.3) is 5.69 Å². The number of rotatable bonds is 6. The molecule has 4 aromatic rings. The zero-order valence-electron chi connectivity index (χ0n) is 20.9.